The first-order chi connectivity index (χ1) is 4.88. The minimum atomic E-state index is 0. The molecule has 0 amide bonds. The number of hydrogen-bond acceptors (Lipinski definition) is 0. The number of aryl methyl sites for hydroxylation is 1. The summed E-state index contributed by atoms with van der Waals surface area (Å²) in [6.45, 7) is 2.11. The number of hydrogen-bond donors (Lipinski definition) is 1. The quantitative estimate of drug-likeness (QED) is 0.608. The monoisotopic (exact) mass is 163 g/mol. The number of nitrogens with one attached hydrogen (secondary N) is 1. The number of H-pyrrole nitrogens is 1. The van der Waals surface area contributed by atoms with E-state index in [9.17, 15) is 0 Å². The smallest absolute Gasteiger partial charge is 0.0456 e. The van der Waals surface area contributed by atoms with Crippen molar-refractivity contribution >= 4 is 10.9 Å². The highest BCUT2D eigenvalue weighted by molar-refractivity contribution is 5.82. The van der Waals surface area contributed by atoms with Crippen LogP contribution in [-0.4, -0.2) is 4.98 Å². The van der Waals surface area contributed by atoms with Gasteiger partial charge in [-0.2, -0.15) is 0 Å². The summed E-state index contributed by atoms with van der Waals surface area (Å²) >= 11 is 0. The molecule has 1 N–H and O–H groups in total. The van der Waals surface area contributed by atoms with Crippen molar-refractivity contribution in [3.8, 4) is 0 Å². The highest BCUT2D eigenvalue weighted by Gasteiger charge is 1.94. The van der Waals surface area contributed by atoms with Crippen molar-refractivity contribution in [3.63, 3.8) is 0 Å². The van der Waals surface area contributed by atoms with Gasteiger partial charge in [0, 0.05) is 17.1 Å². The Morgan fingerprint density at radius 1 is 1.08 bits per heavy atom. The van der Waals surface area contributed by atoms with Crippen LogP contribution in [0.25, 0.3) is 10.9 Å². The van der Waals surface area contributed by atoms with Crippen LogP contribution in [0.4, 0.5) is 0 Å². The first-order valence-electron chi connectivity index (χ1n) is 3.40. The Balaban J connectivity index is 0.000000605. The first-order valence-corrected chi connectivity index (χ1v) is 3.40. The Morgan fingerprint density at radius 2 is 1.75 bits per heavy atom. The molecule has 0 bridgehead atoms. The molecule has 0 fully saturated rings. The summed E-state index contributed by atoms with van der Waals surface area (Å²) in [7, 11) is 0. The van der Waals surface area contributed by atoms with Gasteiger partial charge in [-0.05, 0) is 18.6 Å². The third kappa shape index (κ3) is 1.50. The van der Waals surface area contributed by atoms with E-state index in [1.807, 2.05) is 12.3 Å². The molecule has 0 saturated heterocycles. The maximum absolute atomic E-state index is 3.19. The number of benzene rings is 1. The van der Waals surface area contributed by atoms with Gasteiger partial charge >= 0.3 is 0 Å². The Kier molecular flexibility index (Phi) is 3.55. The van der Waals surface area contributed by atoms with Crippen LogP contribution >= 0.6 is 0 Å². The van der Waals surface area contributed by atoms with Gasteiger partial charge in [-0.25, -0.2) is 0 Å². The summed E-state index contributed by atoms with van der Waals surface area (Å²) in [5, 5.41) is 1.32. The number of aromatic amines is 1. The molecule has 0 radical (unpaired) electrons. The maximum Gasteiger partial charge on any atom is 0.0456 e. The van der Waals surface area contributed by atoms with Gasteiger partial charge in [-0.1, -0.05) is 33.1 Å². The molecule has 1 aromatic carbocycles. The van der Waals surface area contributed by atoms with E-state index in [1.54, 1.807) is 0 Å². The largest absolute Gasteiger partial charge is 0.361 e. The summed E-state index contributed by atoms with van der Waals surface area (Å²) in [6, 6.07) is 8.31. The van der Waals surface area contributed by atoms with Gasteiger partial charge < -0.3 is 4.98 Å². The second-order valence-corrected chi connectivity index (χ2v) is 2.52. The van der Waals surface area contributed by atoms with Crippen molar-refractivity contribution in [3.05, 3.63) is 36.0 Å². The lowest BCUT2D eigenvalue weighted by molar-refractivity contribution is 1.43. The van der Waals surface area contributed by atoms with Crippen molar-refractivity contribution in [2.45, 2.75) is 21.8 Å². The fraction of sp³-hybridized carbons (Fsp3) is 0.273. The van der Waals surface area contributed by atoms with Crippen molar-refractivity contribution in [1.29, 1.82) is 0 Å². The van der Waals surface area contributed by atoms with Crippen LogP contribution in [0.15, 0.2) is 30.5 Å². The highest BCUT2D eigenvalue weighted by Crippen LogP contribution is 2.15. The summed E-state index contributed by atoms with van der Waals surface area (Å²) in [5.41, 5.74) is 2.54. The predicted octanol–water partition coefficient (Wildman–Crippen LogP) is 3.75. The molecule has 66 valence electrons. The second kappa shape index (κ2) is 3.96. The molecule has 0 atom stereocenters. The lowest BCUT2D eigenvalue weighted by Crippen LogP contribution is -1.64. The fourth-order valence-corrected chi connectivity index (χ4v) is 1.22. The van der Waals surface area contributed by atoms with E-state index in [2.05, 4.69) is 30.1 Å². The molecule has 0 aliphatic carbocycles. The zero-order valence-electron chi connectivity index (χ0n) is 5.89. The highest BCUT2D eigenvalue weighted by atomic mass is 14.7. The molecule has 12 heavy (non-hydrogen) atoms. The number of para-hydroxylation sites is 1. The van der Waals surface area contributed by atoms with Gasteiger partial charge in [-0.15, -0.1) is 0 Å². The molecule has 0 spiro atoms. The average Bonchev–Trinajstić information content (AvgIpc) is 2.34. The molecule has 1 nitrogen and oxygen atoms in total. The van der Waals surface area contributed by atoms with Crippen molar-refractivity contribution in [2.75, 3.05) is 0 Å². The van der Waals surface area contributed by atoms with Crippen LogP contribution in [0.1, 0.15) is 20.4 Å². The summed E-state index contributed by atoms with van der Waals surface area (Å²) in [6.07, 6.45) is 2.03. The number of fused-ring (bicyclic) bond motifs is 1. The van der Waals surface area contributed by atoms with E-state index < -0.39 is 0 Å². The van der Waals surface area contributed by atoms with Crippen LogP contribution in [0.5, 0.6) is 0 Å². The fourth-order valence-electron chi connectivity index (χ4n) is 1.22. The minimum absolute atomic E-state index is 0. The predicted molar refractivity (Wildman–Crippen MR) is 56.5 cm³/mol. The zero-order chi connectivity index (χ0) is 6.97. The first kappa shape index (κ1) is 10.8. The third-order valence-corrected chi connectivity index (χ3v) is 1.80. The Morgan fingerprint density at radius 3 is 2.42 bits per heavy atom. The van der Waals surface area contributed by atoms with Crippen LogP contribution in [0, 0.1) is 6.92 Å². The van der Waals surface area contributed by atoms with Crippen LogP contribution in [0.2, 0.25) is 0 Å². The van der Waals surface area contributed by atoms with Gasteiger partial charge in [0.1, 0.15) is 0 Å². The van der Waals surface area contributed by atoms with E-state index in [4.69, 9.17) is 0 Å². The SMILES string of the molecule is C.C.Cc1c[nH]c2ccccc12. The number of rotatable bonds is 0. The summed E-state index contributed by atoms with van der Waals surface area (Å²) in [4.78, 5) is 3.19. The topological polar surface area (TPSA) is 15.8 Å². The Bertz CT molecular complexity index is 347. The van der Waals surface area contributed by atoms with Crippen molar-refractivity contribution in [2.24, 2.45) is 0 Å². The summed E-state index contributed by atoms with van der Waals surface area (Å²) < 4.78 is 0. The third-order valence-electron chi connectivity index (χ3n) is 1.80. The van der Waals surface area contributed by atoms with Gasteiger partial charge in [0.2, 0.25) is 0 Å². The standard InChI is InChI=1S/C9H9N.2CH4/c1-7-6-10-9-5-3-2-4-8(7)9;;/h2-6,10H,1H3;2*1H4. The lowest BCUT2D eigenvalue weighted by atomic mass is 10.2. The van der Waals surface area contributed by atoms with Gasteiger partial charge in [0.15, 0.2) is 0 Å². The second-order valence-electron chi connectivity index (χ2n) is 2.52. The number of aromatic nitrogens is 1. The van der Waals surface area contributed by atoms with Crippen molar-refractivity contribution < 1.29 is 0 Å². The molecule has 0 unspecified atom stereocenters. The van der Waals surface area contributed by atoms with Crippen LogP contribution in [0.3, 0.4) is 0 Å². The van der Waals surface area contributed by atoms with E-state index in [0.29, 0.717) is 0 Å². The molecular formula is C11H17N. The van der Waals surface area contributed by atoms with Gasteiger partial charge in [0.25, 0.3) is 0 Å². The zero-order valence-corrected chi connectivity index (χ0v) is 5.89. The molecule has 0 aliphatic rings. The molecule has 2 rings (SSSR count). The lowest BCUT2D eigenvalue weighted by Gasteiger charge is -1.86. The Labute approximate surface area is 74.4 Å². The normalized spacial score (nSPS) is 8.75. The van der Waals surface area contributed by atoms with E-state index in [1.165, 1.54) is 16.5 Å². The molecule has 0 saturated carbocycles. The molecule has 1 aromatic heterocycles. The van der Waals surface area contributed by atoms with Gasteiger partial charge in [-0.3, -0.25) is 0 Å². The molecule has 1 heteroatoms. The van der Waals surface area contributed by atoms with Crippen molar-refractivity contribution in [1.82, 2.24) is 4.98 Å². The molecular weight excluding hydrogens is 146 g/mol. The minimum Gasteiger partial charge on any atom is -0.361 e. The Hall–Kier alpha value is -1.24. The van der Waals surface area contributed by atoms with E-state index in [-0.39, 0.29) is 14.9 Å². The van der Waals surface area contributed by atoms with Crippen LogP contribution in [-0.2, 0) is 0 Å². The van der Waals surface area contributed by atoms with Gasteiger partial charge in [0.05, 0.1) is 0 Å². The molecule has 2 aromatic rings. The van der Waals surface area contributed by atoms with E-state index in [0.717, 1.165) is 0 Å². The van der Waals surface area contributed by atoms with Crippen LogP contribution < -0.4 is 0 Å². The maximum atomic E-state index is 3.19. The average molecular weight is 163 g/mol. The molecule has 0 aliphatic heterocycles. The molecule has 1 heterocycles. The van der Waals surface area contributed by atoms with E-state index >= 15 is 0 Å². The summed E-state index contributed by atoms with van der Waals surface area (Å²) in [5.74, 6) is 0.